The van der Waals surface area contributed by atoms with Gasteiger partial charge in [-0.2, -0.15) is 0 Å². The van der Waals surface area contributed by atoms with E-state index < -0.39 is 13.9 Å². The molecule has 0 fully saturated rings. The normalized spacial score (nSPS) is 13.9. The van der Waals surface area contributed by atoms with Gasteiger partial charge in [0.2, 0.25) is 0 Å². The summed E-state index contributed by atoms with van der Waals surface area (Å²) in [4.78, 5) is 25.1. The Hall–Kier alpha value is -1.02. The van der Waals surface area contributed by atoms with E-state index in [1.54, 1.807) is 0 Å². The third-order valence-corrected chi connectivity index (χ3v) is 11.5. The molecule has 338 valence electrons. The van der Waals surface area contributed by atoms with Crippen LogP contribution in [0.25, 0.3) is 0 Å². The number of allylic oxidation sites excluding steroid dienone is 4. The second-order valence-electron chi connectivity index (χ2n) is 17.5. The summed E-state index contributed by atoms with van der Waals surface area (Å²) in [7, 11) is 1.36. The fourth-order valence-electron chi connectivity index (χ4n) is 6.75. The van der Waals surface area contributed by atoms with Crippen LogP contribution in [-0.2, 0) is 27.9 Å². The van der Waals surface area contributed by atoms with Crippen LogP contribution in [0.2, 0.25) is 0 Å². The zero-order chi connectivity index (χ0) is 42.0. The number of likely N-dealkylation sites (N-methyl/N-ethyl adjacent to an activating group) is 1. The van der Waals surface area contributed by atoms with Gasteiger partial charge in [0.15, 0.2) is 0 Å². The maximum absolute atomic E-state index is 12.7. The quantitative estimate of drug-likeness (QED) is 0.0198. The molecular weight excluding hydrogens is 734 g/mol. The van der Waals surface area contributed by atoms with Gasteiger partial charge in [-0.25, -0.2) is 0 Å². The molecule has 0 saturated carbocycles. The van der Waals surface area contributed by atoms with E-state index in [0.29, 0.717) is 24.1 Å². The smallest absolute Gasteiger partial charge is 0.306 e. The first kappa shape index (κ1) is 56.0. The number of ether oxygens (including phenoxy) is 2. The number of carbonyl (C=O) groups is 1. The predicted molar refractivity (Wildman–Crippen MR) is 240 cm³/mol. The lowest BCUT2D eigenvalue weighted by Crippen LogP contribution is -2.37. The fourth-order valence-corrected chi connectivity index (χ4v) is 7.48. The van der Waals surface area contributed by atoms with Gasteiger partial charge in [0.1, 0.15) is 19.3 Å². The molecule has 2 atom stereocenters. The average molecular weight is 828 g/mol. The summed E-state index contributed by atoms with van der Waals surface area (Å²) in [6.45, 7) is 5.43. The Bertz CT molecular complexity index is 967. The van der Waals surface area contributed by atoms with Crippen molar-refractivity contribution in [3.63, 3.8) is 0 Å². The van der Waals surface area contributed by atoms with Crippen LogP contribution < -0.4 is 4.89 Å². The lowest BCUT2D eigenvalue weighted by Gasteiger charge is -2.28. The molecule has 57 heavy (non-hydrogen) atoms. The van der Waals surface area contributed by atoms with Crippen molar-refractivity contribution in [3.8, 4) is 0 Å². The van der Waals surface area contributed by atoms with Gasteiger partial charge in [0, 0.05) is 13.0 Å². The highest BCUT2D eigenvalue weighted by atomic mass is 31.2. The summed E-state index contributed by atoms with van der Waals surface area (Å²) in [5.41, 5.74) is 0. The molecule has 0 radical (unpaired) electrons. The van der Waals surface area contributed by atoms with E-state index in [-0.39, 0.29) is 25.8 Å². The van der Waals surface area contributed by atoms with E-state index in [2.05, 4.69) is 38.2 Å². The lowest BCUT2D eigenvalue weighted by atomic mass is 10.0. The van der Waals surface area contributed by atoms with Gasteiger partial charge in [0.25, 0.3) is 7.82 Å². The highest BCUT2D eigenvalue weighted by molar-refractivity contribution is 7.45. The number of nitrogens with zero attached hydrogens (tertiary/aromatic N) is 1. The Kier molecular flexibility index (Phi) is 41.0. The van der Waals surface area contributed by atoms with E-state index in [1.807, 2.05) is 21.1 Å². The molecule has 0 aliphatic heterocycles. The molecule has 0 aromatic heterocycles. The molecule has 0 heterocycles. The molecule has 0 spiro atoms. The van der Waals surface area contributed by atoms with Gasteiger partial charge in [0.05, 0.1) is 34.4 Å². The number of phosphoric ester groups is 1. The molecule has 8 nitrogen and oxygen atoms in total. The minimum Gasteiger partial charge on any atom is -0.756 e. The second kappa shape index (κ2) is 41.7. The van der Waals surface area contributed by atoms with Gasteiger partial charge in [-0.15, -0.1) is 0 Å². The van der Waals surface area contributed by atoms with Crippen molar-refractivity contribution < 1.29 is 37.3 Å². The van der Waals surface area contributed by atoms with Crippen molar-refractivity contribution in [2.24, 2.45) is 0 Å². The average Bonchev–Trinajstić information content (AvgIpc) is 3.16. The van der Waals surface area contributed by atoms with E-state index in [4.69, 9.17) is 18.5 Å². The van der Waals surface area contributed by atoms with Crippen molar-refractivity contribution in [1.29, 1.82) is 0 Å². The number of rotatable bonds is 45. The fraction of sp³-hybridized carbons (Fsp3) is 0.896. The Morgan fingerprint density at radius 1 is 0.544 bits per heavy atom. The highest BCUT2D eigenvalue weighted by Crippen LogP contribution is 2.38. The van der Waals surface area contributed by atoms with Gasteiger partial charge in [-0.1, -0.05) is 192 Å². The standard InChI is InChI=1S/C48H94NO7P/c1-6-8-10-12-14-16-18-20-21-22-23-24-25-26-27-28-29-30-31-33-35-37-39-41-48(50)56-47(46-55-57(51,52)54-44-42-49(3,4)5)45-53-43-40-38-36-34-32-19-17-15-13-11-9-7-2/h18,20,22-23,47H,6-17,19,21,24-46H2,1-5H3/b20-18-,23-22-. The van der Waals surface area contributed by atoms with Crippen molar-refractivity contribution in [3.05, 3.63) is 24.3 Å². The lowest BCUT2D eigenvalue weighted by molar-refractivity contribution is -0.870. The first-order valence-corrected chi connectivity index (χ1v) is 25.5. The minimum absolute atomic E-state index is 0.0280. The van der Waals surface area contributed by atoms with Crippen LogP contribution in [0, 0.1) is 0 Å². The first-order valence-electron chi connectivity index (χ1n) is 24.1. The monoisotopic (exact) mass is 828 g/mol. The maximum atomic E-state index is 12.7. The minimum atomic E-state index is -4.52. The summed E-state index contributed by atoms with van der Waals surface area (Å²) in [5, 5.41) is 0. The van der Waals surface area contributed by atoms with Gasteiger partial charge in [-0.3, -0.25) is 9.36 Å². The third-order valence-electron chi connectivity index (χ3n) is 10.5. The Balaban J connectivity index is 4.10. The molecule has 9 heteroatoms. The summed E-state index contributed by atoms with van der Waals surface area (Å²) < 4.78 is 34.6. The molecule has 0 aromatic carbocycles. The number of esters is 1. The Labute approximate surface area is 353 Å². The number of hydrogen-bond donors (Lipinski definition) is 0. The predicted octanol–water partition coefficient (Wildman–Crippen LogP) is 13.8. The molecule has 2 unspecified atom stereocenters. The molecule has 0 aliphatic carbocycles. The van der Waals surface area contributed by atoms with Crippen LogP contribution in [0.1, 0.15) is 219 Å². The van der Waals surface area contributed by atoms with Crippen molar-refractivity contribution in [1.82, 2.24) is 0 Å². The van der Waals surface area contributed by atoms with Gasteiger partial charge >= 0.3 is 5.97 Å². The molecule has 0 amide bonds. The van der Waals surface area contributed by atoms with Crippen LogP contribution in [-0.4, -0.2) is 70.7 Å². The molecular formula is C48H94NO7P. The summed E-state index contributed by atoms with van der Waals surface area (Å²) in [6.07, 6.45) is 47.6. The van der Waals surface area contributed by atoms with Gasteiger partial charge < -0.3 is 27.9 Å². The van der Waals surface area contributed by atoms with E-state index >= 15 is 0 Å². The van der Waals surface area contributed by atoms with Crippen LogP contribution in [0.4, 0.5) is 0 Å². The number of phosphoric acid groups is 1. The van der Waals surface area contributed by atoms with Crippen molar-refractivity contribution in [2.75, 3.05) is 54.1 Å². The van der Waals surface area contributed by atoms with E-state index in [1.165, 1.54) is 161 Å². The van der Waals surface area contributed by atoms with E-state index in [9.17, 15) is 14.3 Å². The van der Waals surface area contributed by atoms with Crippen LogP contribution >= 0.6 is 7.82 Å². The Morgan fingerprint density at radius 2 is 0.965 bits per heavy atom. The first-order chi connectivity index (χ1) is 27.6. The van der Waals surface area contributed by atoms with Crippen molar-refractivity contribution in [2.45, 2.75) is 225 Å². The molecule has 0 bridgehead atoms. The molecule has 0 aliphatic rings. The van der Waals surface area contributed by atoms with Crippen molar-refractivity contribution >= 4 is 13.8 Å². The Morgan fingerprint density at radius 3 is 1.42 bits per heavy atom. The molecule has 0 saturated heterocycles. The zero-order valence-corrected chi connectivity index (χ0v) is 39.2. The highest BCUT2D eigenvalue weighted by Gasteiger charge is 2.20. The summed E-state index contributed by atoms with van der Waals surface area (Å²) >= 11 is 0. The number of carbonyl (C=O) groups excluding carboxylic acids is 1. The second-order valence-corrected chi connectivity index (χ2v) is 18.9. The largest absolute Gasteiger partial charge is 0.756 e. The zero-order valence-electron chi connectivity index (χ0n) is 38.3. The number of hydrogen-bond acceptors (Lipinski definition) is 7. The topological polar surface area (TPSA) is 94.1 Å². The van der Waals surface area contributed by atoms with Crippen LogP contribution in [0.3, 0.4) is 0 Å². The van der Waals surface area contributed by atoms with E-state index in [0.717, 1.165) is 38.5 Å². The van der Waals surface area contributed by atoms with Crippen LogP contribution in [0.5, 0.6) is 0 Å². The SMILES string of the molecule is CCCCCCC/C=C\C/C=C\CCCCCCCCCCCCCC(=O)OC(COCCCCCCCCCCCCCC)COP(=O)([O-])OCC[N+](C)(C)C. The number of unbranched alkanes of at least 4 members (excludes halogenated alkanes) is 27. The van der Waals surface area contributed by atoms with Gasteiger partial charge in [-0.05, 0) is 44.9 Å². The van der Waals surface area contributed by atoms with Crippen LogP contribution in [0.15, 0.2) is 24.3 Å². The molecule has 0 rings (SSSR count). The maximum Gasteiger partial charge on any atom is 0.306 e. The summed E-state index contributed by atoms with van der Waals surface area (Å²) in [6, 6.07) is 0. The molecule has 0 aromatic rings. The third kappa shape index (κ3) is 45.9. The molecule has 0 N–H and O–H groups in total. The summed E-state index contributed by atoms with van der Waals surface area (Å²) in [5.74, 6) is -0.333. The number of quaternary nitrogens is 1.